The predicted octanol–water partition coefficient (Wildman–Crippen LogP) is 13.4. The van der Waals surface area contributed by atoms with Gasteiger partial charge in [0, 0.05) is 0 Å². The summed E-state index contributed by atoms with van der Waals surface area (Å²) >= 11 is 0. The van der Waals surface area contributed by atoms with Gasteiger partial charge in [0.25, 0.3) is 0 Å². The molecule has 0 unspecified atom stereocenters. The van der Waals surface area contributed by atoms with Gasteiger partial charge in [-0.2, -0.15) is 0 Å². The van der Waals surface area contributed by atoms with Crippen LogP contribution in [-0.2, 0) is 0 Å². The minimum atomic E-state index is -1.10. The Morgan fingerprint density at radius 1 is 0.250 bits per heavy atom. The number of hydrogen-bond donors (Lipinski definition) is 2. The molecule has 0 heterocycles. The van der Waals surface area contributed by atoms with E-state index in [0.29, 0.717) is 6.42 Å². The summed E-state index contributed by atoms with van der Waals surface area (Å²) < 4.78 is 0. The van der Waals surface area contributed by atoms with Crippen LogP contribution in [0.4, 0.5) is 0 Å². The van der Waals surface area contributed by atoms with Crippen LogP contribution >= 0.6 is 0 Å². The number of aliphatic hydroxyl groups is 2. The Kier molecular flexibility index (Phi) is 36.9. The van der Waals surface area contributed by atoms with Gasteiger partial charge in [-0.1, -0.05) is 225 Å². The van der Waals surface area contributed by atoms with Crippen molar-refractivity contribution in [3.05, 3.63) is 0 Å². The van der Waals surface area contributed by atoms with Crippen molar-refractivity contribution in [2.45, 2.75) is 244 Å². The van der Waals surface area contributed by atoms with Gasteiger partial charge in [-0.3, -0.25) is 0 Å². The second kappa shape index (κ2) is 36.9. The molecule has 0 bridgehead atoms. The maximum absolute atomic E-state index is 8.83. The molecule has 0 rings (SSSR count). The SMILES string of the molecule is CCCCCCCCCCCCCCCCCCCCCCCCCCCCCCCCCCCCCC(O)O. The molecule has 0 radical (unpaired) electrons. The van der Waals surface area contributed by atoms with Crippen molar-refractivity contribution < 1.29 is 10.2 Å². The lowest BCUT2D eigenvalue weighted by molar-refractivity contribution is -0.0466. The average Bonchev–Trinajstić information content (AvgIpc) is 2.95. The highest BCUT2D eigenvalue weighted by molar-refractivity contribution is 4.53. The van der Waals surface area contributed by atoms with Gasteiger partial charge in [-0.05, 0) is 12.8 Å². The number of aliphatic hydroxyl groups excluding tert-OH is 1. The number of unbranched alkanes of at least 4 members (excludes halogenated alkanes) is 34. The van der Waals surface area contributed by atoms with Crippen LogP contribution in [0.25, 0.3) is 0 Å². The molecule has 0 aromatic carbocycles. The maximum Gasteiger partial charge on any atom is 0.151 e. The molecule has 0 aromatic heterocycles. The summed E-state index contributed by atoms with van der Waals surface area (Å²) in [5, 5.41) is 17.7. The molecule has 2 N–H and O–H groups in total. The number of rotatable bonds is 36. The van der Waals surface area contributed by atoms with E-state index in [2.05, 4.69) is 6.92 Å². The van der Waals surface area contributed by atoms with Crippen molar-refractivity contribution in [3.8, 4) is 0 Å². The highest BCUT2D eigenvalue weighted by Gasteiger charge is 1.98. The smallest absolute Gasteiger partial charge is 0.151 e. The molecule has 0 amide bonds. The van der Waals surface area contributed by atoms with Crippen molar-refractivity contribution in [2.24, 2.45) is 0 Å². The molecule has 0 saturated carbocycles. The van der Waals surface area contributed by atoms with Gasteiger partial charge < -0.3 is 10.2 Å². The molecule has 0 fully saturated rings. The molecule has 0 aliphatic rings. The van der Waals surface area contributed by atoms with Gasteiger partial charge >= 0.3 is 0 Å². The van der Waals surface area contributed by atoms with Gasteiger partial charge in [0.15, 0.2) is 6.29 Å². The zero-order valence-corrected chi connectivity index (χ0v) is 27.9. The molecule has 0 aliphatic heterocycles. The molecule has 2 heteroatoms. The fourth-order valence-electron chi connectivity index (χ4n) is 6.23. The van der Waals surface area contributed by atoms with E-state index in [4.69, 9.17) is 10.2 Å². The van der Waals surface area contributed by atoms with Gasteiger partial charge in [-0.15, -0.1) is 0 Å². The third kappa shape index (κ3) is 37.9. The first-order valence-corrected chi connectivity index (χ1v) is 19.1. The summed E-state index contributed by atoms with van der Waals surface area (Å²) in [6.07, 6.45) is 49.4. The molecular formula is C38H78O2. The largest absolute Gasteiger partial charge is 0.368 e. The van der Waals surface area contributed by atoms with Gasteiger partial charge in [-0.25, -0.2) is 0 Å². The van der Waals surface area contributed by atoms with Gasteiger partial charge in [0.05, 0.1) is 0 Å². The lowest BCUT2D eigenvalue weighted by Crippen LogP contribution is -2.02. The Labute approximate surface area is 254 Å². The van der Waals surface area contributed by atoms with E-state index in [1.165, 1.54) is 212 Å². The van der Waals surface area contributed by atoms with E-state index in [1.807, 2.05) is 0 Å². The first kappa shape index (κ1) is 39.9. The van der Waals surface area contributed by atoms with Crippen LogP contribution in [-0.4, -0.2) is 16.5 Å². The van der Waals surface area contributed by atoms with E-state index in [-0.39, 0.29) is 0 Å². The fraction of sp³-hybridized carbons (Fsp3) is 1.00. The van der Waals surface area contributed by atoms with Crippen LogP contribution in [0.3, 0.4) is 0 Å². The molecule has 0 atom stereocenters. The zero-order chi connectivity index (χ0) is 29.0. The second-order valence-corrected chi connectivity index (χ2v) is 13.3. The Bertz CT molecular complexity index is 422. The van der Waals surface area contributed by atoms with Crippen LogP contribution < -0.4 is 0 Å². The summed E-state index contributed by atoms with van der Waals surface area (Å²) in [7, 11) is 0. The quantitative estimate of drug-likeness (QED) is 0.0584. The summed E-state index contributed by atoms with van der Waals surface area (Å²) in [4.78, 5) is 0. The average molecular weight is 567 g/mol. The first-order valence-electron chi connectivity index (χ1n) is 19.1. The van der Waals surface area contributed by atoms with Crippen molar-refractivity contribution in [1.29, 1.82) is 0 Å². The first-order chi connectivity index (χ1) is 19.8. The minimum absolute atomic E-state index is 0.541. The van der Waals surface area contributed by atoms with Crippen LogP contribution in [0.15, 0.2) is 0 Å². The van der Waals surface area contributed by atoms with E-state index in [0.717, 1.165) is 12.8 Å². The molecule has 0 spiro atoms. The van der Waals surface area contributed by atoms with Crippen molar-refractivity contribution in [2.75, 3.05) is 0 Å². The van der Waals surface area contributed by atoms with Crippen LogP contribution in [0, 0.1) is 0 Å². The molecule has 0 saturated heterocycles. The standard InChI is InChI=1S/C38H78O2/c1-2-3-4-5-6-7-8-9-10-11-12-13-14-15-16-17-18-19-20-21-22-23-24-25-26-27-28-29-30-31-32-33-34-35-36-37-38(39)40/h38-40H,2-37H2,1H3. The molecule has 242 valence electrons. The summed E-state index contributed by atoms with van der Waals surface area (Å²) in [6, 6.07) is 0. The van der Waals surface area contributed by atoms with Crippen LogP contribution in [0.2, 0.25) is 0 Å². The highest BCUT2D eigenvalue weighted by atomic mass is 16.5. The lowest BCUT2D eigenvalue weighted by Gasteiger charge is -2.05. The summed E-state index contributed by atoms with van der Waals surface area (Å²) in [5.41, 5.74) is 0. The normalized spacial score (nSPS) is 11.7. The summed E-state index contributed by atoms with van der Waals surface area (Å²) in [5.74, 6) is 0. The molecule has 40 heavy (non-hydrogen) atoms. The second-order valence-electron chi connectivity index (χ2n) is 13.3. The van der Waals surface area contributed by atoms with E-state index in [9.17, 15) is 0 Å². The van der Waals surface area contributed by atoms with Crippen LogP contribution in [0.1, 0.15) is 238 Å². The van der Waals surface area contributed by atoms with E-state index >= 15 is 0 Å². The molecule has 2 nitrogen and oxygen atoms in total. The van der Waals surface area contributed by atoms with Gasteiger partial charge in [0.2, 0.25) is 0 Å². The lowest BCUT2D eigenvalue weighted by atomic mass is 10.0. The van der Waals surface area contributed by atoms with E-state index < -0.39 is 6.29 Å². The predicted molar refractivity (Wildman–Crippen MR) is 180 cm³/mol. The molecular weight excluding hydrogens is 488 g/mol. The van der Waals surface area contributed by atoms with Crippen LogP contribution in [0.5, 0.6) is 0 Å². The minimum Gasteiger partial charge on any atom is -0.368 e. The Hall–Kier alpha value is -0.0800. The van der Waals surface area contributed by atoms with Gasteiger partial charge in [0.1, 0.15) is 0 Å². The topological polar surface area (TPSA) is 40.5 Å². The number of hydrogen-bond acceptors (Lipinski definition) is 2. The van der Waals surface area contributed by atoms with Crippen molar-refractivity contribution >= 4 is 0 Å². The Balaban J connectivity index is 3.02. The summed E-state index contributed by atoms with van der Waals surface area (Å²) in [6.45, 7) is 2.30. The molecule has 0 aromatic rings. The molecule has 0 aliphatic carbocycles. The fourth-order valence-corrected chi connectivity index (χ4v) is 6.23. The monoisotopic (exact) mass is 567 g/mol. The van der Waals surface area contributed by atoms with Crippen molar-refractivity contribution in [1.82, 2.24) is 0 Å². The maximum atomic E-state index is 8.83. The van der Waals surface area contributed by atoms with Crippen molar-refractivity contribution in [3.63, 3.8) is 0 Å². The third-order valence-corrected chi connectivity index (χ3v) is 9.07. The highest BCUT2D eigenvalue weighted by Crippen LogP contribution is 2.17. The third-order valence-electron chi connectivity index (χ3n) is 9.07. The Morgan fingerprint density at radius 2 is 0.400 bits per heavy atom. The van der Waals surface area contributed by atoms with E-state index in [1.54, 1.807) is 0 Å². The zero-order valence-electron chi connectivity index (χ0n) is 27.9. The Morgan fingerprint density at radius 3 is 0.550 bits per heavy atom.